The number of hydrogen-bond acceptors (Lipinski definition) is 5. The second-order valence-electron chi connectivity index (χ2n) is 7.31. The predicted octanol–water partition coefficient (Wildman–Crippen LogP) is 1.87. The molecule has 1 amide bonds. The highest BCUT2D eigenvalue weighted by atomic mass is 16.5. The van der Waals surface area contributed by atoms with E-state index in [1.807, 2.05) is 11.0 Å². The van der Waals surface area contributed by atoms with E-state index in [2.05, 4.69) is 4.90 Å². The number of aliphatic hydroxyl groups is 1. The first-order valence-corrected chi connectivity index (χ1v) is 9.51. The monoisotopic (exact) mass is 362 g/mol. The molecule has 1 aromatic rings. The summed E-state index contributed by atoms with van der Waals surface area (Å²) in [5.41, 5.74) is 0.466. The number of piperidine rings is 1. The first-order valence-electron chi connectivity index (χ1n) is 9.51. The van der Waals surface area contributed by atoms with E-state index in [1.54, 1.807) is 26.4 Å². The minimum Gasteiger partial charge on any atom is -0.496 e. The molecule has 2 fully saturated rings. The van der Waals surface area contributed by atoms with Gasteiger partial charge in [-0.2, -0.15) is 0 Å². The maximum Gasteiger partial charge on any atom is 0.261 e. The van der Waals surface area contributed by atoms with Crippen molar-refractivity contribution >= 4 is 5.91 Å². The van der Waals surface area contributed by atoms with Crippen molar-refractivity contribution in [1.82, 2.24) is 9.80 Å². The Labute approximate surface area is 155 Å². The van der Waals surface area contributed by atoms with Crippen LogP contribution < -0.4 is 9.47 Å². The summed E-state index contributed by atoms with van der Waals surface area (Å²) >= 11 is 0. The number of benzene rings is 1. The van der Waals surface area contributed by atoms with Gasteiger partial charge in [0.1, 0.15) is 17.1 Å². The van der Waals surface area contributed by atoms with Gasteiger partial charge in [0.25, 0.3) is 5.91 Å². The van der Waals surface area contributed by atoms with Crippen LogP contribution in [0, 0.1) is 11.8 Å². The average Bonchev–Trinajstić information content (AvgIpc) is 3.10. The van der Waals surface area contributed by atoms with Crippen molar-refractivity contribution in [2.45, 2.75) is 19.3 Å². The maximum absolute atomic E-state index is 13.2. The third kappa shape index (κ3) is 3.96. The van der Waals surface area contributed by atoms with Crippen LogP contribution in [0.4, 0.5) is 0 Å². The van der Waals surface area contributed by atoms with Gasteiger partial charge in [-0.1, -0.05) is 12.5 Å². The maximum atomic E-state index is 13.2. The van der Waals surface area contributed by atoms with Gasteiger partial charge in [-0.25, -0.2) is 0 Å². The van der Waals surface area contributed by atoms with Crippen LogP contribution in [0.3, 0.4) is 0 Å². The molecule has 0 unspecified atom stereocenters. The molecule has 0 bridgehead atoms. The van der Waals surface area contributed by atoms with Crippen molar-refractivity contribution < 1.29 is 19.4 Å². The smallest absolute Gasteiger partial charge is 0.261 e. The molecule has 144 valence electrons. The van der Waals surface area contributed by atoms with E-state index in [1.165, 1.54) is 19.3 Å². The van der Waals surface area contributed by atoms with Gasteiger partial charge in [0.2, 0.25) is 0 Å². The summed E-state index contributed by atoms with van der Waals surface area (Å²) < 4.78 is 10.8. The van der Waals surface area contributed by atoms with Crippen LogP contribution in [-0.2, 0) is 0 Å². The molecular formula is C20H30N2O4. The Balaban J connectivity index is 1.74. The van der Waals surface area contributed by atoms with Crippen LogP contribution in [0.15, 0.2) is 18.2 Å². The Morgan fingerprint density at radius 2 is 1.69 bits per heavy atom. The zero-order valence-corrected chi connectivity index (χ0v) is 15.8. The van der Waals surface area contributed by atoms with Gasteiger partial charge in [0.05, 0.1) is 14.2 Å². The van der Waals surface area contributed by atoms with E-state index in [0.29, 0.717) is 36.1 Å². The number of rotatable bonds is 6. The topological polar surface area (TPSA) is 62.2 Å². The first-order chi connectivity index (χ1) is 12.7. The molecule has 0 radical (unpaired) electrons. The molecule has 6 nitrogen and oxygen atoms in total. The van der Waals surface area contributed by atoms with Crippen LogP contribution in [-0.4, -0.2) is 74.4 Å². The summed E-state index contributed by atoms with van der Waals surface area (Å²) in [6, 6.07) is 5.37. The van der Waals surface area contributed by atoms with Gasteiger partial charge < -0.3 is 24.4 Å². The normalized spacial score (nSPS) is 23.9. The predicted molar refractivity (Wildman–Crippen MR) is 99.8 cm³/mol. The van der Waals surface area contributed by atoms with Gasteiger partial charge in [-0.3, -0.25) is 4.79 Å². The fourth-order valence-corrected chi connectivity index (χ4v) is 4.21. The number of hydrogen-bond donors (Lipinski definition) is 1. The Bertz CT molecular complexity index is 594. The summed E-state index contributed by atoms with van der Waals surface area (Å²) in [5.74, 6) is 1.40. The van der Waals surface area contributed by atoms with Crippen molar-refractivity contribution in [2.75, 3.05) is 53.6 Å². The molecule has 0 aliphatic carbocycles. The number of methoxy groups -OCH3 is 2. The van der Waals surface area contributed by atoms with Crippen molar-refractivity contribution in [3.05, 3.63) is 23.8 Å². The van der Waals surface area contributed by atoms with Crippen molar-refractivity contribution in [3.63, 3.8) is 0 Å². The van der Waals surface area contributed by atoms with E-state index in [0.717, 1.165) is 19.6 Å². The molecule has 1 N–H and O–H groups in total. The Hall–Kier alpha value is -1.79. The number of aliphatic hydroxyl groups excluding tert-OH is 1. The summed E-state index contributed by atoms with van der Waals surface area (Å²) in [5, 5.41) is 9.83. The second-order valence-corrected chi connectivity index (χ2v) is 7.31. The molecule has 2 atom stereocenters. The van der Waals surface area contributed by atoms with Gasteiger partial charge in [-0.15, -0.1) is 0 Å². The van der Waals surface area contributed by atoms with Crippen LogP contribution in [0.5, 0.6) is 11.5 Å². The average molecular weight is 362 g/mol. The Kier molecular flexibility index (Phi) is 6.38. The number of nitrogens with zero attached hydrogens (tertiary/aromatic N) is 2. The number of carbonyl (C=O) groups excluding carboxylic acids is 1. The van der Waals surface area contributed by atoms with E-state index >= 15 is 0 Å². The highest BCUT2D eigenvalue weighted by Gasteiger charge is 2.37. The van der Waals surface area contributed by atoms with Crippen molar-refractivity contribution in [3.8, 4) is 11.5 Å². The van der Waals surface area contributed by atoms with Gasteiger partial charge in [-0.05, 0) is 44.0 Å². The van der Waals surface area contributed by atoms with Gasteiger partial charge >= 0.3 is 0 Å². The highest BCUT2D eigenvalue weighted by Crippen LogP contribution is 2.33. The molecule has 0 aromatic heterocycles. The zero-order chi connectivity index (χ0) is 18.5. The van der Waals surface area contributed by atoms with Crippen LogP contribution in [0.25, 0.3) is 0 Å². The lowest BCUT2D eigenvalue weighted by Crippen LogP contribution is -2.37. The number of carbonyl (C=O) groups is 1. The minimum absolute atomic E-state index is 0.0844. The fourth-order valence-electron chi connectivity index (χ4n) is 4.21. The highest BCUT2D eigenvalue weighted by molar-refractivity contribution is 6.00. The molecule has 0 spiro atoms. The molecule has 6 heteroatoms. The number of ether oxygens (including phenoxy) is 2. The molecular weight excluding hydrogens is 332 g/mol. The standard InChI is InChI=1S/C20H30N2O4/c1-25-17-7-6-8-18(26-2)19(17)20(24)22-12-15(16(13-22)14-23)11-21-9-4-3-5-10-21/h6-8,15-16,23H,3-5,9-14H2,1-2H3/t15-,16-/m1/s1. The molecule has 2 aliphatic heterocycles. The lowest BCUT2D eigenvalue weighted by Gasteiger charge is -2.30. The third-order valence-corrected chi connectivity index (χ3v) is 5.68. The third-order valence-electron chi connectivity index (χ3n) is 5.68. The summed E-state index contributed by atoms with van der Waals surface area (Å²) in [7, 11) is 3.12. The molecule has 2 heterocycles. The van der Waals surface area contributed by atoms with Crippen LogP contribution in [0.2, 0.25) is 0 Å². The SMILES string of the molecule is COc1cccc(OC)c1C(=O)N1C[C@@H](CN2CCCCC2)[C@@H](CO)C1. The van der Waals surface area contributed by atoms with E-state index in [-0.39, 0.29) is 18.4 Å². The number of likely N-dealkylation sites (tertiary alicyclic amines) is 2. The molecule has 3 rings (SSSR count). The Morgan fingerprint density at radius 1 is 1.08 bits per heavy atom. The van der Waals surface area contributed by atoms with Crippen molar-refractivity contribution in [2.24, 2.45) is 11.8 Å². The summed E-state index contributed by atoms with van der Waals surface area (Å²) in [4.78, 5) is 17.5. The largest absolute Gasteiger partial charge is 0.496 e. The molecule has 2 saturated heterocycles. The first kappa shape index (κ1) is 19.0. The number of amides is 1. The molecule has 0 saturated carbocycles. The lowest BCUT2D eigenvalue weighted by atomic mass is 9.95. The lowest BCUT2D eigenvalue weighted by molar-refractivity contribution is 0.0771. The Morgan fingerprint density at radius 3 is 2.27 bits per heavy atom. The quantitative estimate of drug-likeness (QED) is 0.837. The molecule has 1 aromatic carbocycles. The molecule has 2 aliphatic rings. The molecule has 26 heavy (non-hydrogen) atoms. The van der Waals surface area contributed by atoms with Crippen LogP contribution >= 0.6 is 0 Å². The summed E-state index contributed by atoms with van der Waals surface area (Å²) in [6.45, 7) is 4.58. The second kappa shape index (κ2) is 8.73. The fraction of sp³-hybridized carbons (Fsp3) is 0.650. The minimum atomic E-state index is -0.0844. The van der Waals surface area contributed by atoms with Crippen LogP contribution in [0.1, 0.15) is 29.6 Å². The van der Waals surface area contributed by atoms with E-state index < -0.39 is 0 Å². The summed E-state index contributed by atoms with van der Waals surface area (Å²) in [6.07, 6.45) is 3.80. The van der Waals surface area contributed by atoms with E-state index in [4.69, 9.17) is 9.47 Å². The van der Waals surface area contributed by atoms with Crippen molar-refractivity contribution in [1.29, 1.82) is 0 Å². The van der Waals surface area contributed by atoms with Gasteiger partial charge in [0, 0.05) is 32.2 Å². The van der Waals surface area contributed by atoms with E-state index in [9.17, 15) is 9.90 Å². The van der Waals surface area contributed by atoms with Gasteiger partial charge in [0.15, 0.2) is 0 Å². The zero-order valence-electron chi connectivity index (χ0n) is 15.8.